The molecule has 1 saturated heterocycles. The lowest BCUT2D eigenvalue weighted by Crippen LogP contribution is -2.59. The lowest BCUT2D eigenvalue weighted by Gasteiger charge is -2.38. The van der Waals surface area contributed by atoms with E-state index in [0.717, 1.165) is 6.42 Å². The fraction of sp³-hybridized carbons (Fsp3) is 0.875. The Balaban J connectivity index is 2.48. The highest BCUT2D eigenvalue weighted by Gasteiger charge is 2.39. The predicted octanol–water partition coefficient (Wildman–Crippen LogP) is 1.17. The molecule has 1 amide bonds. The minimum Gasteiger partial charge on any atom is -0.352 e. The van der Waals surface area contributed by atoms with Crippen molar-refractivity contribution < 1.29 is 4.79 Å². The van der Waals surface area contributed by atoms with Crippen molar-refractivity contribution >= 4 is 5.91 Å². The number of carbonyl (C=O) groups excluding carboxylic acids is 1. The van der Waals surface area contributed by atoms with Gasteiger partial charge in [-0.25, -0.2) is 0 Å². The van der Waals surface area contributed by atoms with Gasteiger partial charge in [-0.3, -0.25) is 4.79 Å². The molecule has 0 unspecified atom stereocenters. The summed E-state index contributed by atoms with van der Waals surface area (Å²) in [6.45, 7) is 6.32. The number of rotatable bonds is 2. The molecule has 10 heavy (non-hydrogen) atoms. The molecule has 0 saturated carbocycles. The standard InChI is InChI=1S/C8H15NO/c1-4-6-7(5(2)3)8(10)9-6/h5-7H,4H2,1-3H3,(H,9,10)/t6-,7+/m0/s1. The minimum absolute atomic E-state index is 0.238. The van der Waals surface area contributed by atoms with E-state index in [2.05, 4.69) is 26.1 Å². The first-order valence-corrected chi connectivity index (χ1v) is 3.97. The van der Waals surface area contributed by atoms with E-state index in [-0.39, 0.29) is 11.8 Å². The van der Waals surface area contributed by atoms with Crippen LogP contribution in [0.4, 0.5) is 0 Å². The second-order valence-corrected chi connectivity index (χ2v) is 3.29. The van der Waals surface area contributed by atoms with Gasteiger partial charge in [0, 0.05) is 6.04 Å². The van der Waals surface area contributed by atoms with Gasteiger partial charge in [0.1, 0.15) is 0 Å². The lowest BCUT2D eigenvalue weighted by atomic mass is 9.80. The zero-order valence-corrected chi connectivity index (χ0v) is 6.85. The number of β-lactam (4-membered cyclic amide) rings is 1. The van der Waals surface area contributed by atoms with Gasteiger partial charge in [0.2, 0.25) is 5.91 Å². The predicted molar refractivity (Wildman–Crippen MR) is 40.5 cm³/mol. The molecule has 0 spiro atoms. The summed E-state index contributed by atoms with van der Waals surface area (Å²) in [7, 11) is 0. The van der Waals surface area contributed by atoms with Gasteiger partial charge in [-0.2, -0.15) is 0 Å². The lowest BCUT2D eigenvalue weighted by molar-refractivity contribution is -0.137. The zero-order chi connectivity index (χ0) is 7.72. The van der Waals surface area contributed by atoms with Crippen LogP contribution < -0.4 is 5.32 Å². The van der Waals surface area contributed by atoms with E-state index < -0.39 is 0 Å². The summed E-state index contributed by atoms with van der Waals surface area (Å²) in [6, 6.07) is 0.451. The van der Waals surface area contributed by atoms with E-state index in [1.54, 1.807) is 0 Å². The molecule has 2 nitrogen and oxygen atoms in total. The van der Waals surface area contributed by atoms with Crippen LogP contribution in [0.25, 0.3) is 0 Å². The summed E-state index contributed by atoms with van der Waals surface area (Å²) in [4.78, 5) is 10.9. The van der Waals surface area contributed by atoms with Crippen molar-refractivity contribution in [3.8, 4) is 0 Å². The molecule has 0 radical (unpaired) electrons. The van der Waals surface area contributed by atoms with Crippen LogP contribution in [0.5, 0.6) is 0 Å². The van der Waals surface area contributed by atoms with Crippen molar-refractivity contribution in [1.29, 1.82) is 0 Å². The van der Waals surface area contributed by atoms with Crippen molar-refractivity contribution in [2.24, 2.45) is 11.8 Å². The van der Waals surface area contributed by atoms with Crippen LogP contribution >= 0.6 is 0 Å². The second kappa shape index (κ2) is 2.60. The van der Waals surface area contributed by atoms with Crippen molar-refractivity contribution in [3.05, 3.63) is 0 Å². The van der Waals surface area contributed by atoms with E-state index in [1.165, 1.54) is 0 Å². The van der Waals surface area contributed by atoms with E-state index in [1.807, 2.05) is 0 Å². The van der Waals surface area contributed by atoms with Crippen molar-refractivity contribution in [2.75, 3.05) is 0 Å². The van der Waals surface area contributed by atoms with E-state index in [9.17, 15) is 4.79 Å². The van der Waals surface area contributed by atoms with Gasteiger partial charge in [0.15, 0.2) is 0 Å². The van der Waals surface area contributed by atoms with E-state index >= 15 is 0 Å². The van der Waals surface area contributed by atoms with Crippen molar-refractivity contribution in [1.82, 2.24) is 5.32 Å². The molecule has 0 aliphatic carbocycles. The van der Waals surface area contributed by atoms with Gasteiger partial charge in [0.25, 0.3) is 0 Å². The highest BCUT2D eigenvalue weighted by Crippen LogP contribution is 2.25. The Morgan fingerprint density at radius 3 is 2.40 bits per heavy atom. The molecule has 0 aromatic heterocycles. The fourth-order valence-electron chi connectivity index (χ4n) is 1.58. The number of nitrogens with one attached hydrogen (secondary N) is 1. The molecule has 0 aromatic rings. The third-order valence-corrected chi connectivity index (χ3v) is 2.22. The van der Waals surface area contributed by atoms with E-state index in [4.69, 9.17) is 0 Å². The molecule has 1 aliphatic rings. The minimum atomic E-state index is 0.238. The number of hydrogen-bond donors (Lipinski definition) is 1. The van der Waals surface area contributed by atoms with Gasteiger partial charge in [0.05, 0.1) is 5.92 Å². The van der Waals surface area contributed by atoms with Crippen molar-refractivity contribution in [3.63, 3.8) is 0 Å². The highest BCUT2D eigenvalue weighted by atomic mass is 16.2. The van der Waals surface area contributed by atoms with Gasteiger partial charge >= 0.3 is 0 Å². The fourth-order valence-corrected chi connectivity index (χ4v) is 1.58. The quantitative estimate of drug-likeness (QED) is 0.574. The van der Waals surface area contributed by atoms with Crippen LogP contribution in [0, 0.1) is 11.8 Å². The molecule has 1 N–H and O–H groups in total. The van der Waals surface area contributed by atoms with Crippen LogP contribution in [0.1, 0.15) is 27.2 Å². The molecular formula is C8H15NO. The molecule has 1 rings (SSSR count). The topological polar surface area (TPSA) is 29.1 Å². The molecule has 1 fully saturated rings. The first kappa shape index (κ1) is 7.58. The molecule has 1 heterocycles. The average Bonchev–Trinajstić information content (AvgIpc) is 1.80. The normalized spacial score (nSPS) is 31.8. The van der Waals surface area contributed by atoms with Gasteiger partial charge in [-0.15, -0.1) is 0 Å². The first-order chi connectivity index (χ1) is 4.66. The Bertz CT molecular complexity index is 142. The summed E-state index contributed by atoms with van der Waals surface area (Å²) in [5.41, 5.74) is 0. The first-order valence-electron chi connectivity index (χ1n) is 3.97. The third-order valence-electron chi connectivity index (χ3n) is 2.22. The number of carbonyl (C=O) groups is 1. The summed E-state index contributed by atoms with van der Waals surface area (Å²) >= 11 is 0. The molecular weight excluding hydrogens is 126 g/mol. The van der Waals surface area contributed by atoms with Gasteiger partial charge < -0.3 is 5.32 Å². The highest BCUT2D eigenvalue weighted by molar-refractivity contribution is 5.85. The Labute approximate surface area is 62.0 Å². The van der Waals surface area contributed by atoms with Crippen molar-refractivity contribution in [2.45, 2.75) is 33.2 Å². The Hall–Kier alpha value is -0.530. The molecule has 1 aliphatic heterocycles. The number of hydrogen-bond acceptors (Lipinski definition) is 1. The summed E-state index contributed by atoms with van der Waals surface area (Å²) in [6.07, 6.45) is 1.06. The van der Waals surface area contributed by atoms with Gasteiger partial charge in [-0.05, 0) is 12.3 Å². The molecule has 2 heteroatoms. The largest absolute Gasteiger partial charge is 0.352 e. The van der Waals surface area contributed by atoms with Crippen LogP contribution in [-0.2, 0) is 4.79 Å². The summed E-state index contributed by atoms with van der Waals surface area (Å²) in [5.74, 6) is 1.02. The van der Waals surface area contributed by atoms with Gasteiger partial charge in [-0.1, -0.05) is 20.8 Å². The Morgan fingerprint density at radius 1 is 1.60 bits per heavy atom. The molecule has 58 valence electrons. The van der Waals surface area contributed by atoms with Crippen LogP contribution in [0.2, 0.25) is 0 Å². The maximum Gasteiger partial charge on any atom is 0.225 e. The second-order valence-electron chi connectivity index (χ2n) is 3.29. The molecule has 0 aromatic carbocycles. The average molecular weight is 141 g/mol. The maximum atomic E-state index is 10.9. The SMILES string of the molecule is CC[C@@H]1NC(=O)[C@@H]1C(C)C. The summed E-state index contributed by atoms with van der Waals surface area (Å²) in [5, 5.41) is 2.88. The number of amides is 1. The molecule has 0 bridgehead atoms. The zero-order valence-electron chi connectivity index (χ0n) is 6.85. The van der Waals surface area contributed by atoms with Crippen LogP contribution in [-0.4, -0.2) is 11.9 Å². The Kier molecular flexibility index (Phi) is 1.97. The third kappa shape index (κ3) is 1.02. The maximum absolute atomic E-state index is 10.9. The summed E-state index contributed by atoms with van der Waals surface area (Å²) < 4.78 is 0. The van der Waals surface area contributed by atoms with Crippen LogP contribution in [0.15, 0.2) is 0 Å². The smallest absolute Gasteiger partial charge is 0.225 e. The monoisotopic (exact) mass is 141 g/mol. The van der Waals surface area contributed by atoms with E-state index in [0.29, 0.717) is 12.0 Å². The molecule has 2 atom stereocenters. The van der Waals surface area contributed by atoms with Crippen LogP contribution in [0.3, 0.4) is 0 Å². The Morgan fingerprint density at radius 2 is 2.20 bits per heavy atom.